The second-order valence-electron chi connectivity index (χ2n) is 14.3. The van der Waals surface area contributed by atoms with E-state index in [2.05, 4.69) is 0 Å². The van der Waals surface area contributed by atoms with Crippen LogP contribution in [0.15, 0.2) is 146 Å². The monoisotopic (exact) mass is 718 g/mol. The fourth-order valence-corrected chi connectivity index (χ4v) is 6.46. The van der Waals surface area contributed by atoms with Crippen LogP contribution in [-0.2, 0) is 28.4 Å². The van der Waals surface area contributed by atoms with Gasteiger partial charge in [0.2, 0.25) is 0 Å². The highest BCUT2D eigenvalue weighted by atomic mass is 19.2. The molecule has 0 radical (unpaired) electrons. The van der Waals surface area contributed by atoms with Crippen molar-refractivity contribution in [3.63, 3.8) is 0 Å². The third-order valence-electron chi connectivity index (χ3n) is 9.86. The second kappa shape index (κ2) is 16.1. The molecule has 272 valence electrons. The molecule has 0 spiro atoms. The highest BCUT2D eigenvalue weighted by Gasteiger charge is 2.40. The molecule has 0 aliphatic rings. The number of benzene rings is 6. The maximum atomic E-state index is 14.8. The maximum absolute atomic E-state index is 14.8. The van der Waals surface area contributed by atoms with Crippen molar-refractivity contribution in [2.45, 2.75) is 63.6 Å². The van der Waals surface area contributed by atoms with Crippen molar-refractivity contribution in [3.8, 4) is 23.0 Å². The van der Waals surface area contributed by atoms with Crippen LogP contribution >= 0.6 is 0 Å². The molecule has 7 heteroatoms. The van der Waals surface area contributed by atoms with Gasteiger partial charge in [0.1, 0.15) is 23.0 Å². The van der Waals surface area contributed by atoms with Crippen molar-refractivity contribution in [1.29, 1.82) is 0 Å². The van der Waals surface area contributed by atoms with Crippen LogP contribution in [-0.4, -0.2) is 12.2 Å². The summed E-state index contributed by atoms with van der Waals surface area (Å²) < 4.78 is 77.5. The molecule has 0 amide bonds. The predicted octanol–water partition coefficient (Wildman–Crippen LogP) is 12.3. The molecule has 6 aromatic carbocycles. The first kappa shape index (κ1) is 37.4. The Morgan fingerprint density at radius 1 is 0.415 bits per heavy atom. The Hall–Kier alpha value is -5.40. The van der Waals surface area contributed by atoms with Crippen molar-refractivity contribution in [1.82, 2.24) is 0 Å². The standard InChI is InChI=1S/C46H42F4O3/c1-45(2,33-21-23-39(47)41(49)29-33)43(27-31-13-11-19-37(25-31)51-35-15-7-5-8-16-35)53-44(46(3,4)34-22-24-40(48)42(50)30-34)28-32-14-12-20-38(26-32)52-36-17-9-6-10-18-36/h5-26,29-30,43-44H,27-28H2,1-4H3. The first-order valence-electron chi connectivity index (χ1n) is 17.6. The quantitative estimate of drug-likeness (QED) is 0.105. The molecule has 0 N–H and O–H groups in total. The molecular weight excluding hydrogens is 676 g/mol. The third kappa shape index (κ3) is 9.16. The van der Waals surface area contributed by atoms with Gasteiger partial charge in [0.05, 0.1) is 12.2 Å². The molecule has 2 atom stereocenters. The van der Waals surface area contributed by atoms with E-state index < -0.39 is 46.3 Å². The lowest BCUT2D eigenvalue weighted by Crippen LogP contribution is -2.46. The van der Waals surface area contributed by atoms with Gasteiger partial charge in [-0.05, 0) is 108 Å². The highest BCUT2D eigenvalue weighted by Crippen LogP contribution is 2.39. The van der Waals surface area contributed by atoms with Gasteiger partial charge in [-0.2, -0.15) is 0 Å². The van der Waals surface area contributed by atoms with Crippen molar-refractivity contribution in [2.75, 3.05) is 0 Å². The van der Waals surface area contributed by atoms with Gasteiger partial charge in [-0.25, -0.2) is 17.6 Å². The minimum atomic E-state index is -0.957. The zero-order chi connectivity index (χ0) is 37.6. The number of halogens is 4. The van der Waals surface area contributed by atoms with E-state index in [1.54, 1.807) is 12.1 Å². The summed E-state index contributed by atoms with van der Waals surface area (Å²) in [6.45, 7) is 7.74. The highest BCUT2D eigenvalue weighted by molar-refractivity contribution is 5.37. The van der Waals surface area contributed by atoms with E-state index in [1.807, 2.05) is 137 Å². The van der Waals surface area contributed by atoms with E-state index in [1.165, 1.54) is 12.1 Å². The van der Waals surface area contributed by atoms with Crippen LogP contribution in [0.1, 0.15) is 49.9 Å². The largest absolute Gasteiger partial charge is 0.457 e. The average molecular weight is 719 g/mol. The Kier molecular flexibility index (Phi) is 11.3. The SMILES string of the molecule is CC(C)(c1ccc(F)c(F)c1)C(Cc1cccc(Oc2ccccc2)c1)OC(Cc1cccc(Oc2ccccc2)c1)C(C)(C)c1ccc(F)c(F)c1. The average Bonchev–Trinajstić information content (AvgIpc) is 3.14. The Morgan fingerprint density at radius 3 is 1.17 bits per heavy atom. The van der Waals surface area contributed by atoms with Crippen molar-refractivity contribution in [3.05, 3.63) is 191 Å². The van der Waals surface area contributed by atoms with Gasteiger partial charge < -0.3 is 14.2 Å². The second-order valence-corrected chi connectivity index (χ2v) is 14.3. The minimum Gasteiger partial charge on any atom is -0.457 e. The number of hydrogen-bond acceptors (Lipinski definition) is 3. The lowest BCUT2D eigenvalue weighted by molar-refractivity contribution is -0.0754. The van der Waals surface area contributed by atoms with Gasteiger partial charge >= 0.3 is 0 Å². The molecule has 6 rings (SSSR count). The van der Waals surface area contributed by atoms with Gasteiger partial charge in [0.15, 0.2) is 23.3 Å². The molecule has 6 aromatic rings. The number of hydrogen-bond donors (Lipinski definition) is 0. The van der Waals surface area contributed by atoms with Gasteiger partial charge in [0.25, 0.3) is 0 Å². The molecule has 0 heterocycles. The topological polar surface area (TPSA) is 27.7 Å². The predicted molar refractivity (Wildman–Crippen MR) is 201 cm³/mol. The number of ether oxygens (including phenoxy) is 3. The van der Waals surface area contributed by atoms with Crippen LogP contribution in [0.4, 0.5) is 17.6 Å². The van der Waals surface area contributed by atoms with Gasteiger partial charge in [-0.15, -0.1) is 0 Å². The molecule has 53 heavy (non-hydrogen) atoms. The molecule has 0 bridgehead atoms. The zero-order valence-corrected chi connectivity index (χ0v) is 30.2. The molecule has 0 aromatic heterocycles. The van der Waals surface area contributed by atoms with E-state index in [4.69, 9.17) is 14.2 Å². The minimum absolute atomic E-state index is 0.361. The van der Waals surface area contributed by atoms with E-state index in [0.717, 1.165) is 23.3 Å². The Morgan fingerprint density at radius 2 is 0.792 bits per heavy atom. The Bertz CT molecular complexity index is 1980. The van der Waals surface area contributed by atoms with Crippen LogP contribution in [0.3, 0.4) is 0 Å². The number of para-hydroxylation sites is 2. The summed E-state index contributed by atoms with van der Waals surface area (Å²) in [6.07, 6.45) is -0.533. The van der Waals surface area contributed by atoms with Crippen LogP contribution < -0.4 is 9.47 Å². The molecule has 0 saturated carbocycles. The Labute approximate surface area is 308 Å². The summed E-state index contributed by atoms with van der Waals surface area (Å²) in [5.74, 6) is -1.16. The molecular formula is C46H42F4O3. The van der Waals surface area contributed by atoms with Crippen LogP contribution in [0.25, 0.3) is 0 Å². The summed E-state index contributed by atoms with van der Waals surface area (Å²) in [5.41, 5.74) is 1.13. The van der Waals surface area contributed by atoms with Gasteiger partial charge in [-0.1, -0.05) is 100 Å². The fraction of sp³-hybridized carbons (Fsp3) is 0.217. The van der Waals surface area contributed by atoms with Crippen molar-refractivity contribution < 1.29 is 31.8 Å². The van der Waals surface area contributed by atoms with E-state index in [9.17, 15) is 17.6 Å². The van der Waals surface area contributed by atoms with E-state index >= 15 is 0 Å². The van der Waals surface area contributed by atoms with Crippen molar-refractivity contribution >= 4 is 0 Å². The summed E-state index contributed by atoms with van der Waals surface area (Å²) in [6, 6.07) is 42.0. The van der Waals surface area contributed by atoms with Gasteiger partial charge in [-0.3, -0.25) is 0 Å². The molecule has 0 fully saturated rings. The smallest absolute Gasteiger partial charge is 0.159 e. The first-order chi connectivity index (χ1) is 25.4. The molecule has 0 aliphatic carbocycles. The molecule has 2 unspecified atom stereocenters. The fourth-order valence-electron chi connectivity index (χ4n) is 6.46. The molecule has 0 aliphatic heterocycles. The normalized spacial score (nSPS) is 13.0. The summed E-state index contributed by atoms with van der Waals surface area (Å²) in [4.78, 5) is 0. The maximum Gasteiger partial charge on any atom is 0.159 e. The third-order valence-corrected chi connectivity index (χ3v) is 9.86. The van der Waals surface area contributed by atoms with E-state index in [0.29, 0.717) is 47.0 Å². The summed E-state index contributed by atoms with van der Waals surface area (Å²) >= 11 is 0. The summed E-state index contributed by atoms with van der Waals surface area (Å²) in [5, 5.41) is 0. The van der Waals surface area contributed by atoms with Crippen molar-refractivity contribution in [2.24, 2.45) is 0 Å². The first-order valence-corrected chi connectivity index (χ1v) is 17.6. The molecule has 3 nitrogen and oxygen atoms in total. The molecule has 0 saturated heterocycles. The van der Waals surface area contributed by atoms with Gasteiger partial charge in [0, 0.05) is 10.8 Å². The van der Waals surface area contributed by atoms with Crippen LogP contribution in [0.2, 0.25) is 0 Å². The lowest BCUT2D eigenvalue weighted by atomic mass is 9.74. The number of rotatable bonds is 14. The summed E-state index contributed by atoms with van der Waals surface area (Å²) in [7, 11) is 0. The zero-order valence-electron chi connectivity index (χ0n) is 30.2. The Balaban J connectivity index is 1.40. The van der Waals surface area contributed by atoms with Crippen LogP contribution in [0, 0.1) is 23.3 Å². The van der Waals surface area contributed by atoms with Crippen LogP contribution in [0.5, 0.6) is 23.0 Å². The van der Waals surface area contributed by atoms with E-state index in [-0.39, 0.29) is 0 Å². The lowest BCUT2D eigenvalue weighted by Gasteiger charge is -2.43.